The summed E-state index contributed by atoms with van der Waals surface area (Å²) in [7, 11) is 0. The lowest BCUT2D eigenvalue weighted by Gasteiger charge is -2.36. The molecule has 0 saturated carbocycles. The highest BCUT2D eigenvalue weighted by Crippen LogP contribution is 2.22. The second kappa shape index (κ2) is 4.54. The molecule has 70 valence electrons. The van der Waals surface area contributed by atoms with Gasteiger partial charge in [0.25, 0.3) is 0 Å². The van der Waals surface area contributed by atoms with Gasteiger partial charge in [-0.25, -0.2) is 0 Å². The average Bonchev–Trinajstić information content (AvgIpc) is 2.05. The molecule has 1 fully saturated rings. The van der Waals surface area contributed by atoms with E-state index >= 15 is 0 Å². The predicted octanol–water partition coefficient (Wildman–Crippen LogP) is 3.17. The summed E-state index contributed by atoms with van der Waals surface area (Å²) in [5.74, 6) is 0. The minimum Gasteiger partial charge on any atom is -0.373 e. The van der Waals surface area contributed by atoms with Crippen molar-refractivity contribution in [1.29, 1.82) is 0 Å². The number of likely N-dealkylation sites (tertiary alicyclic amines) is 1. The number of hydrogen-bond acceptors (Lipinski definition) is 1. The zero-order valence-corrected chi connectivity index (χ0v) is 8.47. The van der Waals surface area contributed by atoms with E-state index in [0.717, 1.165) is 0 Å². The maximum atomic E-state index is 4.12. The van der Waals surface area contributed by atoms with Crippen LogP contribution in [0.1, 0.15) is 46.0 Å². The molecule has 1 heteroatoms. The van der Waals surface area contributed by atoms with E-state index in [2.05, 4.69) is 25.3 Å². The van der Waals surface area contributed by atoms with Crippen LogP contribution in [0.3, 0.4) is 0 Å². The highest BCUT2D eigenvalue weighted by atomic mass is 15.2. The maximum absolute atomic E-state index is 4.12. The first kappa shape index (κ1) is 9.63. The van der Waals surface area contributed by atoms with E-state index in [1.807, 2.05) is 0 Å². The Morgan fingerprint density at radius 2 is 2.25 bits per heavy atom. The van der Waals surface area contributed by atoms with Crippen LogP contribution in [0.4, 0.5) is 0 Å². The van der Waals surface area contributed by atoms with Gasteiger partial charge in [0.2, 0.25) is 0 Å². The van der Waals surface area contributed by atoms with Crippen molar-refractivity contribution in [3.63, 3.8) is 0 Å². The molecule has 0 spiro atoms. The minimum absolute atomic E-state index is 0.711. The Morgan fingerprint density at radius 1 is 1.50 bits per heavy atom. The topological polar surface area (TPSA) is 3.24 Å². The smallest absolute Gasteiger partial charge is 0.0258 e. The van der Waals surface area contributed by atoms with Crippen molar-refractivity contribution >= 4 is 0 Å². The largest absolute Gasteiger partial charge is 0.373 e. The van der Waals surface area contributed by atoms with Crippen molar-refractivity contribution in [2.75, 3.05) is 6.54 Å². The van der Waals surface area contributed by atoms with Gasteiger partial charge in [0.05, 0.1) is 0 Å². The molecule has 1 heterocycles. The fourth-order valence-corrected chi connectivity index (χ4v) is 2.02. The summed E-state index contributed by atoms with van der Waals surface area (Å²) in [6.07, 6.45) is 6.50. The minimum atomic E-state index is 0.711. The summed E-state index contributed by atoms with van der Waals surface area (Å²) in [4.78, 5) is 2.49. The van der Waals surface area contributed by atoms with Crippen molar-refractivity contribution in [2.45, 2.75) is 52.0 Å². The zero-order chi connectivity index (χ0) is 8.97. The Balaban J connectivity index is 2.42. The van der Waals surface area contributed by atoms with Gasteiger partial charge in [0.15, 0.2) is 0 Å². The zero-order valence-electron chi connectivity index (χ0n) is 8.47. The van der Waals surface area contributed by atoms with Crippen molar-refractivity contribution in [2.24, 2.45) is 0 Å². The van der Waals surface area contributed by atoms with Crippen LogP contribution in [0, 0.1) is 0 Å². The standard InChI is InChI=1S/C11H21N/c1-4-7-10(2)12-9-6-5-8-11(12)3/h10H,3-9H2,1-2H3. The first-order valence-electron chi connectivity index (χ1n) is 5.20. The third-order valence-electron chi connectivity index (χ3n) is 2.76. The summed E-state index contributed by atoms with van der Waals surface area (Å²) in [6, 6.07) is 0.711. The lowest BCUT2D eigenvalue weighted by atomic mass is 10.0. The molecule has 1 aliphatic rings. The van der Waals surface area contributed by atoms with E-state index in [1.165, 1.54) is 44.3 Å². The second-order valence-corrected chi connectivity index (χ2v) is 3.85. The lowest BCUT2D eigenvalue weighted by Crippen LogP contribution is -2.35. The molecule has 1 aliphatic heterocycles. The number of nitrogens with zero attached hydrogens (tertiary/aromatic N) is 1. The molecule has 1 unspecified atom stereocenters. The van der Waals surface area contributed by atoms with E-state index in [9.17, 15) is 0 Å². The normalized spacial score (nSPS) is 21.2. The third kappa shape index (κ3) is 2.26. The SMILES string of the molecule is C=C1CCCCN1C(C)CCC. The van der Waals surface area contributed by atoms with Crippen molar-refractivity contribution < 1.29 is 0 Å². The van der Waals surface area contributed by atoms with Crippen molar-refractivity contribution in [3.8, 4) is 0 Å². The fraction of sp³-hybridized carbons (Fsp3) is 0.818. The van der Waals surface area contributed by atoms with Gasteiger partial charge in [-0.3, -0.25) is 0 Å². The first-order valence-corrected chi connectivity index (χ1v) is 5.20. The Kier molecular flexibility index (Phi) is 3.64. The number of allylic oxidation sites excluding steroid dienone is 1. The number of hydrogen-bond donors (Lipinski definition) is 0. The Morgan fingerprint density at radius 3 is 2.83 bits per heavy atom. The lowest BCUT2D eigenvalue weighted by molar-refractivity contribution is 0.219. The molecular formula is C11H21N. The monoisotopic (exact) mass is 167 g/mol. The van der Waals surface area contributed by atoms with Crippen LogP contribution in [0.2, 0.25) is 0 Å². The summed E-state index contributed by atoms with van der Waals surface area (Å²) < 4.78 is 0. The average molecular weight is 167 g/mol. The van der Waals surface area contributed by atoms with Gasteiger partial charge in [-0.15, -0.1) is 0 Å². The van der Waals surface area contributed by atoms with Crippen LogP contribution in [-0.4, -0.2) is 17.5 Å². The number of rotatable bonds is 3. The molecule has 0 aromatic rings. The molecule has 0 radical (unpaired) electrons. The van der Waals surface area contributed by atoms with Crippen molar-refractivity contribution in [3.05, 3.63) is 12.3 Å². The van der Waals surface area contributed by atoms with Gasteiger partial charge < -0.3 is 4.90 Å². The maximum Gasteiger partial charge on any atom is 0.0258 e. The van der Waals surface area contributed by atoms with Crippen LogP contribution < -0.4 is 0 Å². The molecule has 0 amide bonds. The van der Waals surface area contributed by atoms with Crippen LogP contribution in [0.5, 0.6) is 0 Å². The summed E-state index contributed by atoms with van der Waals surface area (Å²) in [5.41, 5.74) is 1.36. The first-order chi connectivity index (χ1) is 5.75. The predicted molar refractivity (Wildman–Crippen MR) is 54.1 cm³/mol. The molecule has 1 atom stereocenters. The molecule has 1 nitrogen and oxygen atoms in total. The Labute approximate surface area is 76.5 Å². The molecule has 1 rings (SSSR count). The second-order valence-electron chi connectivity index (χ2n) is 3.85. The molecule has 0 aliphatic carbocycles. The van der Waals surface area contributed by atoms with E-state index in [4.69, 9.17) is 0 Å². The molecule has 0 aromatic heterocycles. The van der Waals surface area contributed by atoms with Gasteiger partial charge in [-0.05, 0) is 32.6 Å². The van der Waals surface area contributed by atoms with Gasteiger partial charge >= 0.3 is 0 Å². The molecule has 0 bridgehead atoms. The Hall–Kier alpha value is -0.460. The molecule has 1 saturated heterocycles. The highest BCUT2D eigenvalue weighted by Gasteiger charge is 2.17. The van der Waals surface area contributed by atoms with Gasteiger partial charge in [0, 0.05) is 18.3 Å². The third-order valence-corrected chi connectivity index (χ3v) is 2.76. The summed E-state index contributed by atoms with van der Waals surface area (Å²) in [5, 5.41) is 0. The van der Waals surface area contributed by atoms with Crippen LogP contribution in [0.15, 0.2) is 12.3 Å². The van der Waals surface area contributed by atoms with Gasteiger partial charge in [0.1, 0.15) is 0 Å². The van der Waals surface area contributed by atoms with E-state index in [1.54, 1.807) is 0 Å². The summed E-state index contributed by atoms with van der Waals surface area (Å²) >= 11 is 0. The molecule has 0 aromatic carbocycles. The van der Waals surface area contributed by atoms with E-state index in [0.29, 0.717) is 6.04 Å². The van der Waals surface area contributed by atoms with E-state index in [-0.39, 0.29) is 0 Å². The fourth-order valence-electron chi connectivity index (χ4n) is 2.02. The van der Waals surface area contributed by atoms with E-state index < -0.39 is 0 Å². The highest BCUT2D eigenvalue weighted by molar-refractivity contribution is 4.98. The molecule has 0 N–H and O–H groups in total. The van der Waals surface area contributed by atoms with Crippen LogP contribution in [-0.2, 0) is 0 Å². The van der Waals surface area contributed by atoms with Crippen LogP contribution >= 0.6 is 0 Å². The quantitative estimate of drug-likeness (QED) is 0.624. The molecular weight excluding hydrogens is 146 g/mol. The van der Waals surface area contributed by atoms with Crippen LogP contribution in [0.25, 0.3) is 0 Å². The number of piperidine rings is 1. The van der Waals surface area contributed by atoms with Gasteiger partial charge in [-0.1, -0.05) is 19.9 Å². The molecule has 12 heavy (non-hydrogen) atoms. The Bertz CT molecular complexity index is 151. The van der Waals surface area contributed by atoms with Gasteiger partial charge in [-0.2, -0.15) is 0 Å². The summed E-state index contributed by atoms with van der Waals surface area (Å²) in [6.45, 7) is 9.93. The van der Waals surface area contributed by atoms with Crippen molar-refractivity contribution in [1.82, 2.24) is 4.90 Å².